The van der Waals surface area contributed by atoms with Crippen molar-refractivity contribution in [2.24, 2.45) is 0 Å². The molecular weight excluding hydrogens is 401 g/mol. The van der Waals surface area contributed by atoms with E-state index in [9.17, 15) is 4.79 Å². The van der Waals surface area contributed by atoms with E-state index in [1.807, 2.05) is 55.5 Å². The van der Waals surface area contributed by atoms with E-state index in [1.165, 1.54) is 16.0 Å². The Morgan fingerprint density at radius 1 is 1.00 bits per heavy atom. The molecule has 0 fully saturated rings. The molecule has 0 radical (unpaired) electrons. The third kappa shape index (κ3) is 3.76. The maximum Gasteiger partial charge on any atom is 0.294 e. The number of thiazole rings is 1. The fourth-order valence-electron chi connectivity index (χ4n) is 2.90. The molecule has 0 amide bonds. The Morgan fingerprint density at radius 3 is 2.30 bits per heavy atom. The molecule has 4 nitrogen and oxygen atoms in total. The summed E-state index contributed by atoms with van der Waals surface area (Å²) in [7, 11) is 0. The molecule has 4 aromatic rings. The van der Waals surface area contributed by atoms with Crippen LogP contribution in [0.1, 0.15) is 10.6 Å². The van der Waals surface area contributed by atoms with E-state index in [0.29, 0.717) is 28.5 Å². The van der Waals surface area contributed by atoms with Crippen LogP contribution in [0.15, 0.2) is 53.3 Å². The van der Waals surface area contributed by atoms with E-state index in [4.69, 9.17) is 23.2 Å². The van der Waals surface area contributed by atoms with E-state index in [1.54, 1.807) is 0 Å². The van der Waals surface area contributed by atoms with Crippen LogP contribution in [0.25, 0.3) is 21.5 Å². The monoisotopic (exact) mass is 415 g/mol. The molecule has 7 heteroatoms. The summed E-state index contributed by atoms with van der Waals surface area (Å²) < 4.78 is 2.31. The standard InChI is InChI=1S/C20H15Cl2N3OS/c1-12-23-18-19(27-12)17(14-4-8-16(22)9-5-14)24-25(20(18)26)11-10-13-2-6-15(21)7-3-13/h2-9H,10-11H2,1H3. The van der Waals surface area contributed by atoms with Crippen molar-refractivity contribution in [1.82, 2.24) is 14.8 Å². The van der Waals surface area contributed by atoms with Crippen molar-refractivity contribution in [2.45, 2.75) is 19.9 Å². The minimum absolute atomic E-state index is 0.166. The van der Waals surface area contributed by atoms with Crippen LogP contribution in [0, 0.1) is 6.92 Å². The molecule has 0 aliphatic heterocycles. The Morgan fingerprint density at radius 2 is 1.63 bits per heavy atom. The molecule has 2 aromatic heterocycles. The molecule has 0 N–H and O–H groups in total. The molecule has 0 spiro atoms. The lowest BCUT2D eigenvalue weighted by molar-refractivity contribution is 0.586. The number of fused-ring (bicyclic) bond motifs is 1. The Bertz CT molecular complexity index is 1170. The van der Waals surface area contributed by atoms with Crippen LogP contribution in [0.4, 0.5) is 0 Å². The lowest BCUT2D eigenvalue weighted by atomic mass is 10.1. The van der Waals surface area contributed by atoms with E-state index in [-0.39, 0.29) is 5.56 Å². The Hall–Kier alpha value is -2.21. The van der Waals surface area contributed by atoms with Gasteiger partial charge in [0.05, 0.1) is 9.71 Å². The molecule has 0 unspecified atom stereocenters. The first kappa shape index (κ1) is 18.2. The van der Waals surface area contributed by atoms with Gasteiger partial charge in [0.15, 0.2) is 5.52 Å². The van der Waals surface area contributed by atoms with E-state index in [0.717, 1.165) is 26.5 Å². The fourth-order valence-corrected chi connectivity index (χ4v) is 4.07. The quantitative estimate of drug-likeness (QED) is 0.449. The highest BCUT2D eigenvalue weighted by atomic mass is 35.5. The largest absolute Gasteiger partial charge is 0.294 e. The van der Waals surface area contributed by atoms with Gasteiger partial charge in [0.1, 0.15) is 5.69 Å². The van der Waals surface area contributed by atoms with Crippen LogP contribution < -0.4 is 5.56 Å². The maximum absolute atomic E-state index is 12.9. The molecule has 27 heavy (non-hydrogen) atoms. The van der Waals surface area contributed by atoms with Crippen LogP contribution in [0.5, 0.6) is 0 Å². The van der Waals surface area contributed by atoms with E-state index < -0.39 is 0 Å². The average Bonchev–Trinajstić information content (AvgIpc) is 3.05. The van der Waals surface area contributed by atoms with E-state index >= 15 is 0 Å². The molecule has 0 aliphatic carbocycles. The lowest BCUT2D eigenvalue weighted by Gasteiger charge is -2.09. The van der Waals surface area contributed by atoms with Crippen LogP contribution in [-0.4, -0.2) is 14.8 Å². The first-order valence-electron chi connectivity index (χ1n) is 8.40. The predicted octanol–water partition coefficient (Wildman–Crippen LogP) is 5.38. The second kappa shape index (κ2) is 7.43. The minimum atomic E-state index is -0.166. The average molecular weight is 416 g/mol. The number of halogens is 2. The van der Waals surface area contributed by atoms with Crippen molar-refractivity contribution >= 4 is 44.8 Å². The van der Waals surface area contributed by atoms with E-state index in [2.05, 4.69) is 10.1 Å². The molecule has 0 bridgehead atoms. The van der Waals surface area contributed by atoms with Gasteiger partial charge in [-0.2, -0.15) is 5.10 Å². The number of rotatable bonds is 4. The van der Waals surface area contributed by atoms with Crippen molar-refractivity contribution in [1.29, 1.82) is 0 Å². The van der Waals surface area contributed by atoms with Crippen LogP contribution >= 0.6 is 34.5 Å². The van der Waals surface area contributed by atoms with Crippen molar-refractivity contribution in [3.63, 3.8) is 0 Å². The van der Waals surface area contributed by atoms with Gasteiger partial charge in [-0.25, -0.2) is 9.67 Å². The van der Waals surface area contributed by atoms with Gasteiger partial charge >= 0.3 is 0 Å². The molecule has 136 valence electrons. The minimum Gasteiger partial charge on any atom is -0.265 e. The molecule has 0 saturated heterocycles. The van der Waals surface area contributed by atoms with Crippen molar-refractivity contribution in [2.75, 3.05) is 0 Å². The van der Waals surface area contributed by atoms with Gasteiger partial charge in [0.25, 0.3) is 5.56 Å². The molecule has 0 aliphatic rings. The van der Waals surface area contributed by atoms with Gasteiger partial charge in [-0.15, -0.1) is 11.3 Å². The summed E-state index contributed by atoms with van der Waals surface area (Å²) in [5, 5.41) is 6.85. The lowest BCUT2D eigenvalue weighted by Crippen LogP contribution is -2.24. The van der Waals surface area contributed by atoms with Gasteiger partial charge < -0.3 is 0 Å². The molecular formula is C20H15Cl2N3OS. The zero-order valence-electron chi connectivity index (χ0n) is 14.4. The summed E-state index contributed by atoms with van der Waals surface area (Å²) in [6, 6.07) is 15.1. The topological polar surface area (TPSA) is 47.8 Å². The summed E-state index contributed by atoms with van der Waals surface area (Å²) in [6.45, 7) is 2.36. The number of benzene rings is 2. The highest BCUT2D eigenvalue weighted by molar-refractivity contribution is 7.19. The number of hydrogen-bond acceptors (Lipinski definition) is 4. The van der Waals surface area contributed by atoms with Gasteiger partial charge in [0, 0.05) is 22.2 Å². The first-order valence-corrected chi connectivity index (χ1v) is 9.97. The number of aromatic nitrogens is 3. The number of hydrogen-bond donors (Lipinski definition) is 0. The number of aryl methyl sites for hydroxylation is 3. The molecule has 2 aromatic carbocycles. The van der Waals surface area contributed by atoms with Crippen molar-refractivity contribution < 1.29 is 0 Å². The molecule has 4 rings (SSSR count). The van der Waals surface area contributed by atoms with Crippen LogP contribution in [0.3, 0.4) is 0 Å². The highest BCUT2D eigenvalue weighted by Gasteiger charge is 2.16. The zero-order chi connectivity index (χ0) is 19.0. The second-order valence-corrected chi connectivity index (χ2v) is 8.25. The maximum atomic E-state index is 12.9. The Labute approximate surface area is 170 Å². The Kier molecular flexibility index (Phi) is 5.00. The summed E-state index contributed by atoms with van der Waals surface area (Å²) >= 11 is 13.4. The first-order chi connectivity index (χ1) is 13.0. The summed E-state index contributed by atoms with van der Waals surface area (Å²) in [4.78, 5) is 17.3. The van der Waals surface area contributed by atoms with Crippen LogP contribution in [0.2, 0.25) is 10.0 Å². The van der Waals surface area contributed by atoms with Gasteiger partial charge in [-0.05, 0) is 43.2 Å². The zero-order valence-corrected chi connectivity index (χ0v) is 16.8. The summed E-state index contributed by atoms with van der Waals surface area (Å²) in [5.41, 5.74) is 3.06. The molecule has 2 heterocycles. The van der Waals surface area contributed by atoms with Crippen molar-refractivity contribution in [3.05, 3.63) is 79.5 Å². The second-order valence-electron chi connectivity index (χ2n) is 6.17. The smallest absolute Gasteiger partial charge is 0.265 e. The van der Waals surface area contributed by atoms with Crippen LogP contribution in [-0.2, 0) is 13.0 Å². The third-order valence-electron chi connectivity index (χ3n) is 4.25. The molecule has 0 atom stereocenters. The van der Waals surface area contributed by atoms with Gasteiger partial charge in [0.2, 0.25) is 0 Å². The summed E-state index contributed by atoms with van der Waals surface area (Å²) in [6.07, 6.45) is 0.679. The number of nitrogens with zero attached hydrogens (tertiary/aromatic N) is 3. The highest BCUT2D eigenvalue weighted by Crippen LogP contribution is 2.30. The third-order valence-corrected chi connectivity index (χ3v) is 5.73. The predicted molar refractivity (Wildman–Crippen MR) is 112 cm³/mol. The Balaban J connectivity index is 1.78. The summed E-state index contributed by atoms with van der Waals surface area (Å²) in [5.74, 6) is 0. The molecule has 0 saturated carbocycles. The fraction of sp³-hybridized carbons (Fsp3) is 0.150. The van der Waals surface area contributed by atoms with Crippen molar-refractivity contribution in [3.8, 4) is 11.3 Å². The van der Waals surface area contributed by atoms with Gasteiger partial charge in [-0.1, -0.05) is 47.5 Å². The SMILES string of the molecule is Cc1nc2c(=O)n(CCc3ccc(Cl)cc3)nc(-c3ccc(Cl)cc3)c2s1. The normalized spacial score (nSPS) is 11.2. The van der Waals surface area contributed by atoms with Gasteiger partial charge in [-0.3, -0.25) is 4.79 Å².